The molecule has 0 aliphatic carbocycles. The zero-order chi connectivity index (χ0) is 16.1. The first-order chi connectivity index (χ1) is 11.2. The molecule has 0 aliphatic heterocycles. The van der Waals surface area contributed by atoms with E-state index in [0.717, 1.165) is 11.3 Å². The lowest BCUT2D eigenvalue weighted by Crippen LogP contribution is -2.18. The largest absolute Gasteiger partial charge is 0.482 e. The number of carbonyl (C=O) groups excluding carboxylic acids is 1. The predicted molar refractivity (Wildman–Crippen MR) is 81.5 cm³/mol. The molecule has 23 heavy (non-hydrogen) atoms. The van der Waals surface area contributed by atoms with E-state index in [2.05, 4.69) is 15.5 Å². The fourth-order valence-electron chi connectivity index (χ4n) is 1.96. The Kier molecular flexibility index (Phi) is 4.28. The van der Waals surface area contributed by atoms with Crippen molar-refractivity contribution < 1.29 is 14.3 Å². The highest BCUT2D eigenvalue weighted by Crippen LogP contribution is 2.17. The van der Waals surface area contributed by atoms with E-state index in [4.69, 9.17) is 9.47 Å². The first-order valence-corrected chi connectivity index (χ1v) is 6.95. The first-order valence-electron chi connectivity index (χ1n) is 6.95. The molecule has 0 unspecified atom stereocenters. The van der Waals surface area contributed by atoms with Gasteiger partial charge in [-0.2, -0.15) is 0 Å². The normalized spacial score (nSPS) is 10.3. The van der Waals surface area contributed by atoms with Crippen molar-refractivity contribution in [3.05, 3.63) is 60.4 Å². The van der Waals surface area contributed by atoms with Gasteiger partial charge in [-0.15, -0.1) is 5.10 Å². The summed E-state index contributed by atoms with van der Waals surface area (Å²) in [4.78, 5) is 11.8. The molecule has 2 aromatic carbocycles. The molecule has 0 saturated carbocycles. The minimum atomic E-state index is -0.469. The zero-order valence-corrected chi connectivity index (χ0v) is 12.4. The number of nitrogens with zero attached hydrogens (tertiary/aromatic N) is 4. The molecule has 1 heterocycles. The van der Waals surface area contributed by atoms with Crippen LogP contribution in [0.4, 0.5) is 0 Å². The van der Waals surface area contributed by atoms with Crippen LogP contribution in [-0.2, 0) is 4.79 Å². The van der Waals surface area contributed by atoms with E-state index in [1.165, 1.54) is 11.0 Å². The molecule has 1 aromatic heterocycles. The number of carbonyl (C=O) groups is 1. The molecule has 0 aliphatic rings. The maximum Gasteiger partial charge on any atom is 0.349 e. The molecule has 0 saturated heterocycles. The number of ether oxygens (including phenoxy) is 2. The van der Waals surface area contributed by atoms with Crippen molar-refractivity contribution in [1.29, 1.82) is 0 Å². The molecule has 0 amide bonds. The van der Waals surface area contributed by atoms with E-state index in [0.29, 0.717) is 11.5 Å². The number of benzene rings is 2. The summed E-state index contributed by atoms with van der Waals surface area (Å²) in [6.45, 7) is 1.76. The van der Waals surface area contributed by atoms with Gasteiger partial charge in [-0.25, -0.2) is 9.48 Å². The molecule has 0 bridgehead atoms. The third-order valence-electron chi connectivity index (χ3n) is 3.12. The molecule has 7 nitrogen and oxygen atoms in total. The van der Waals surface area contributed by atoms with E-state index < -0.39 is 5.97 Å². The number of hydrogen-bond donors (Lipinski definition) is 0. The molecule has 7 heteroatoms. The Morgan fingerprint density at radius 3 is 2.61 bits per heavy atom. The fourth-order valence-corrected chi connectivity index (χ4v) is 1.96. The standard InChI is InChI=1S/C16H14N4O3/c1-12-4-2-3-5-15(12)22-10-16(21)23-14-8-6-13(7-9-14)20-11-17-18-19-20/h2-9,11H,10H2,1H3. The zero-order valence-electron chi connectivity index (χ0n) is 12.4. The van der Waals surface area contributed by atoms with E-state index in [-0.39, 0.29) is 6.61 Å². The smallest absolute Gasteiger partial charge is 0.349 e. The predicted octanol–water partition coefficient (Wildman–Crippen LogP) is 1.96. The van der Waals surface area contributed by atoms with Crippen LogP contribution in [0.5, 0.6) is 11.5 Å². The van der Waals surface area contributed by atoms with Crippen LogP contribution in [0.2, 0.25) is 0 Å². The van der Waals surface area contributed by atoms with Gasteiger partial charge in [-0.3, -0.25) is 0 Å². The first kappa shape index (κ1) is 14.7. The van der Waals surface area contributed by atoms with Crippen LogP contribution in [0.3, 0.4) is 0 Å². The Hall–Kier alpha value is -3.22. The van der Waals surface area contributed by atoms with E-state index in [1.54, 1.807) is 24.3 Å². The molecule has 116 valence electrons. The van der Waals surface area contributed by atoms with Gasteiger partial charge in [0.2, 0.25) is 0 Å². The van der Waals surface area contributed by atoms with Crippen LogP contribution in [0.25, 0.3) is 5.69 Å². The molecular weight excluding hydrogens is 296 g/mol. The van der Waals surface area contributed by atoms with Gasteiger partial charge in [0.25, 0.3) is 0 Å². The summed E-state index contributed by atoms with van der Waals surface area (Å²) in [5.41, 5.74) is 1.73. The Morgan fingerprint density at radius 1 is 1.13 bits per heavy atom. The fraction of sp³-hybridized carbons (Fsp3) is 0.125. The summed E-state index contributed by atoms with van der Waals surface area (Å²) in [7, 11) is 0. The topological polar surface area (TPSA) is 79.1 Å². The minimum Gasteiger partial charge on any atom is -0.482 e. The van der Waals surface area contributed by atoms with Crippen molar-refractivity contribution in [2.45, 2.75) is 6.92 Å². The lowest BCUT2D eigenvalue weighted by atomic mass is 10.2. The number of hydrogen-bond acceptors (Lipinski definition) is 6. The number of esters is 1. The van der Waals surface area contributed by atoms with Crippen LogP contribution < -0.4 is 9.47 Å². The second-order valence-electron chi connectivity index (χ2n) is 4.78. The highest BCUT2D eigenvalue weighted by Gasteiger charge is 2.08. The Bertz CT molecular complexity index is 785. The highest BCUT2D eigenvalue weighted by atomic mass is 16.6. The van der Waals surface area contributed by atoms with Gasteiger partial charge in [0.15, 0.2) is 6.61 Å². The number of tetrazole rings is 1. The van der Waals surface area contributed by atoms with E-state index in [9.17, 15) is 4.79 Å². The Balaban J connectivity index is 1.57. The van der Waals surface area contributed by atoms with Crippen molar-refractivity contribution in [2.75, 3.05) is 6.61 Å². The highest BCUT2D eigenvalue weighted by molar-refractivity contribution is 5.74. The molecule has 3 aromatic rings. The molecule has 0 N–H and O–H groups in total. The monoisotopic (exact) mass is 310 g/mol. The van der Waals surface area contributed by atoms with Gasteiger partial charge in [-0.1, -0.05) is 18.2 Å². The summed E-state index contributed by atoms with van der Waals surface area (Å²) >= 11 is 0. The van der Waals surface area contributed by atoms with Gasteiger partial charge < -0.3 is 9.47 Å². The van der Waals surface area contributed by atoms with Gasteiger partial charge >= 0.3 is 5.97 Å². The number of para-hydroxylation sites is 1. The summed E-state index contributed by atoms with van der Waals surface area (Å²) in [6.07, 6.45) is 1.48. The molecule has 0 atom stereocenters. The summed E-state index contributed by atoms with van der Waals surface area (Å²) in [5.74, 6) is 0.627. The SMILES string of the molecule is Cc1ccccc1OCC(=O)Oc1ccc(-n2cnnn2)cc1. The molecule has 0 spiro atoms. The maximum atomic E-state index is 11.8. The third-order valence-corrected chi connectivity index (χ3v) is 3.12. The third kappa shape index (κ3) is 3.70. The quantitative estimate of drug-likeness (QED) is 0.529. The second kappa shape index (κ2) is 6.69. The van der Waals surface area contributed by atoms with Crippen LogP contribution in [0.15, 0.2) is 54.9 Å². The van der Waals surface area contributed by atoms with E-state index in [1.807, 2.05) is 31.2 Å². The van der Waals surface area contributed by atoms with E-state index >= 15 is 0 Å². The number of rotatable bonds is 5. The van der Waals surface area contributed by atoms with Crippen LogP contribution in [0.1, 0.15) is 5.56 Å². The van der Waals surface area contributed by atoms with Crippen LogP contribution >= 0.6 is 0 Å². The van der Waals surface area contributed by atoms with Crippen molar-refractivity contribution in [3.63, 3.8) is 0 Å². The van der Waals surface area contributed by atoms with Crippen molar-refractivity contribution >= 4 is 5.97 Å². The summed E-state index contributed by atoms with van der Waals surface area (Å²) < 4.78 is 12.2. The van der Waals surface area contributed by atoms with Crippen LogP contribution in [0, 0.1) is 6.92 Å². The maximum absolute atomic E-state index is 11.8. The van der Waals surface area contributed by atoms with Crippen LogP contribution in [-0.4, -0.2) is 32.8 Å². The Morgan fingerprint density at radius 2 is 1.91 bits per heavy atom. The number of aryl methyl sites for hydroxylation is 1. The molecule has 3 rings (SSSR count). The molecular formula is C16H14N4O3. The molecule has 0 radical (unpaired) electrons. The minimum absolute atomic E-state index is 0.153. The lowest BCUT2D eigenvalue weighted by Gasteiger charge is -2.09. The van der Waals surface area contributed by atoms with Crippen molar-refractivity contribution in [1.82, 2.24) is 20.2 Å². The van der Waals surface area contributed by atoms with Gasteiger partial charge in [-0.05, 0) is 53.2 Å². The number of aromatic nitrogens is 4. The average Bonchev–Trinajstić information content (AvgIpc) is 3.09. The van der Waals surface area contributed by atoms with Gasteiger partial charge in [0.05, 0.1) is 5.69 Å². The molecule has 0 fully saturated rings. The van der Waals surface area contributed by atoms with Gasteiger partial charge in [0, 0.05) is 0 Å². The lowest BCUT2D eigenvalue weighted by molar-refractivity contribution is -0.136. The van der Waals surface area contributed by atoms with Crippen molar-refractivity contribution in [2.24, 2.45) is 0 Å². The van der Waals surface area contributed by atoms with Gasteiger partial charge in [0.1, 0.15) is 17.8 Å². The average molecular weight is 310 g/mol. The second-order valence-corrected chi connectivity index (χ2v) is 4.78. The Labute approximate surface area is 132 Å². The van der Waals surface area contributed by atoms with Crippen molar-refractivity contribution in [3.8, 4) is 17.2 Å². The summed E-state index contributed by atoms with van der Waals surface area (Å²) in [6, 6.07) is 14.3. The summed E-state index contributed by atoms with van der Waals surface area (Å²) in [5, 5.41) is 10.9.